The van der Waals surface area contributed by atoms with E-state index in [2.05, 4.69) is 67.0 Å². The lowest BCUT2D eigenvalue weighted by Gasteiger charge is -2.20. The molecule has 0 aliphatic rings. The van der Waals surface area contributed by atoms with Gasteiger partial charge in [0.1, 0.15) is 12.6 Å². The summed E-state index contributed by atoms with van der Waals surface area (Å²) in [5.74, 6) is -2.41. The highest BCUT2D eigenvalue weighted by Crippen LogP contribution is 2.43. The van der Waals surface area contributed by atoms with Gasteiger partial charge in [-0.15, -0.1) is 0 Å². The van der Waals surface area contributed by atoms with Crippen LogP contribution in [-0.2, 0) is 37.5 Å². The smallest absolute Gasteiger partial charge is 0.472 e. The molecule has 0 aliphatic carbocycles. The first kappa shape index (κ1) is 50.4. The van der Waals surface area contributed by atoms with Gasteiger partial charge in [0.25, 0.3) is 0 Å². The van der Waals surface area contributed by atoms with Gasteiger partial charge < -0.3 is 25.2 Å². The van der Waals surface area contributed by atoms with Crippen LogP contribution < -0.4 is 5.73 Å². The van der Waals surface area contributed by atoms with E-state index in [1.54, 1.807) is 0 Å². The van der Waals surface area contributed by atoms with Crippen molar-refractivity contribution in [1.29, 1.82) is 0 Å². The van der Waals surface area contributed by atoms with Gasteiger partial charge in [-0.2, -0.15) is 0 Å². The minimum Gasteiger partial charge on any atom is -0.480 e. The fourth-order valence-electron chi connectivity index (χ4n) is 5.17. The number of carboxylic acids is 1. The number of phosphoric acid groups is 1. The minimum atomic E-state index is -4.72. The first-order valence-electron chi connectivity index (χ1n) is 20.2. The van der Waals surface area contributed by atoms with Gasteiger partial charge in [-0.05, 0) is 51.4 Å². The summed E-state index contributed by atoms with van der Waals surface area (Å²) in [6, 6.07) is -1.53. The first-order chi connectivity index (χ1) is 25.6. The summed E-state index contributed by atoms with van der Waals surface area (Å²) in [6.07, 6.45) is 38.9. The van der Waals surface area contributed by atoms with Gasteiger partial charge in [0.15, 0.2) is 6.10 Å². The average Bonchev–Trinajstić information content (AvgIpc) is 3.13. The van der Waals surface area contributed by atoms with Gasteiger partial charge >= 0.3 is 25.7 Å². The quantitative estimate of drug-likeness (QED) is 0.0238. The predicted molar refractivity (Wildman–Crippen MR) is 212 cm³/mol. The lowest BCUT2D eigenvalue weighted by molar-refractivity contribution is -0.161. The first-order valence-corrected chi connectivity index (χ1v) is 21.7. The summed E-state index contributed by atoms with van der Waals surface area (Å²) in [7, 11) is -4.72. The normalized spacial score (nSPS) is 14.3. The monoisotopic (exact) mass is 769 g/mol. The lowest BCUT2D eigenvalue weighted by atomic mass is 10.0. The topological polar surface area (TPSA) is 172 Å². The molecule has 12 heteroatoms. The highest BCUT2D eigenvalue weighted by Gasteiger charge is 2.28. The molecule has 1 unspecified atom stereocenters. The summed E-state index contributed by atoms with van der Waals surface area (Å²) < 4.78 is 32.6. The maximum absolute atomic E-state index is 12.6. The van der Waals surface area contributed by atoms with E-state index in [4.69, 9.17) is 24.8 Å². The lowest BCUT2D eigenvalue weighted by Crippen LogP contribution is -2.34. The number of unbranched alkanes of at least 4 members (excludes halogenated alkanes) is 15. The molecule has 3 atom stereocenters. The number of hydrogen-bond acceptors (Lipinski definition) is 9. The van der Waals surface area contributed by atoms with Gasteiger partial charge in [-0.3, -0.25) is 23.4 Å². The van der Waals surface area contributed by atoms with Gasteiger partial charge in [0, 0.05) is 12.8 Å². The number of carbonyl (C=O) groups is 3. The highest BCUT2D eigenvalue weighted by molar-refractivity contribution is 7.47. The number of ether oxygens (including phenoxy) is 2. The highest BCUT2D eigenvalue weighted by atomic mass is 31.2. The molecule has 0 rings (SSSR count). The van der Waals surface area contributed by atoms with Crippen LogP contribution in [0.3, 0.4) is 0 Å². The molecule has 306 valence electrons. The Morgan fingerprint density at radius 1 is 0.604 bits per heavy atom. The molecular weight excluding hydrogens is 697 g/mol. The molecule has 53 heavy (non-hydrogen) atoms. The molecule has 0 heterocycles. The van der Waals surface area contributed by atoms with Crippen LogP contribution in [0.1, 0.15) is 162 Å². The fraction of sp³-hybridized carbons (Fsp3) is 0.732. The standard InChI is InChI=1S/C41H72NO10P/c1-3-5-7-9-11-13-15-17-18-19-20-21-23-25-27-29-31-33-40(44)52-37(35-50-53(47,48)51-36-38(42)41(45)46)34-49-39(43)32-30-28-26-24-22-16-14-12-10-8-6-4-2/h5,7,11,13,17-18,20-21,37-38H,3-4,6,8-10,12,14-16,19,22-36,42H2,1-2H3,(H,45,46)(H,47,48)/b7-5-,13-11-,18-17-,21-20-/t37-,38+/m1/s1. The van der Waals surface area contributed by atoms with Crippen LogP contribution in [0.25, 0.3) is 0 Å². The minimum absolute atomic E-state index is 0.133. The molecule has 0 aliphatic heterocycles. The third-order valence-corrected chi connectivity index (χ3v) is 9.29. The van der Waals surface area contributed by atoms with Crippen molar-refractivity contribution in [2.45, 2.75) is 174 Å². The Hall–Kier alpha value is -2.56. The molecule has 0 aromatic rings. The Labute approximate surface area is 320 Å². The molecule has 0 saturated carbocycles. The van der Waals surface area contributed by atoms with Crippen molar-refractivity contribution in [3.05, 3.63) is 48.6 Å². The molecule has 0 aromatic heterocycles. The van der Waals surface area contributed by atoms with Crippen LogP contribution in [0.4, 0.5) is 0 Å². The van der Waals surface area contributed by atoms with Crippen molar-refractivity contribution in [2.75, 3.05) is 19.8 Å². The molecule has 11 nitrogen and oxygen atoms in total. The zero-order valence-corrected chi connectivity index (χ0v) is 33.7. The molecule has 0 bridgehead atoms. The number of esters is 2. The number of carbonyl (C=O) groups excluding carboxylic acids is 2. The Bertz CT molecular complexity index is 1090. The van der Waals surface area contributed by atoms with Crippen molar-refractivity contribution in [3.63, 3.8) is 0 Å². The van der Waals surface area contributed by atoms with Crippen molar-refractivity contribution in [3.8, 4) is 0 Å². The Morgan fingerprint density at radius 3 is 1.58 bits per heavy atom. The number of phosphoric ester groups is 1. The third-order valence-electron chi connectivity index (χ3n) is 8.34. The number of hydrogen-bond donors (Lipinski definition) is 3. The van der Waals surface area contributed by atoms with E-state index >= 15 is 0 Å². The van der Waals surface area contributed by atoms with E-state index in [0.29, 0.717) is 12.8 Å². The van der Waals surface area contributed by atoms with Gasteiger partial charge in [-0.1, -0.05) is 146 Å². The van der Waals surface area contributed by atoms with Crippen LogP contribution in [0, 0.1) is 0 Å². The van der Waals surface area contributed by atoms with Crippen LogP contribution in [0.5, 0.6) is 0 Å². The van der Waals surface area contributed by atoms with Gasteiger partial charge in [0.2, 0.25) is 0 Å². The second-order valence-corrected chi connectivity index (χ2v) is 14.8. The van der Waals surface area contributed by atoms with Gasteiger partial charge in [-0.25, -0.2) is 4.57 Å². The fourth-order valence-corrected chi connectivity index (χ4v) is 5.95. The maximum atomic E-state index is 12.6. The zero-order chi connectivity index (χ0) is 39.3. The van der Waals surface area contributed by atoms with E-state index in [0.717, 1.165) is 70.6 Å². The van der Waals surface area contributed by atoms with Crippen molar-refractivity contribution in [2.24, 2.45) is 5.73 Å². The predicted octanol–water partition coefficient (Wildman–Crippen LogP) is 10.2. The maximum Gasteiger partial charge on any atom is 0.472 e. The number of aliphatic carboxylic acids is 1. The summed E-state index contributed by atoms with van der Waals surface area (Å²) >= 11 is 0. The molecule has 0 radical (unpaired) electrons. The largest absolute Gasteiger partial charge is 0.480 e. The zero-order valence-electron chi connectivity index (χ0n) is 32.8. The Morgan fingerprint density at radius 2 is 1.06 bits per heavy atom. The van der Waals surface area contributed by atoms with Crippen LogP contribution in [0.2, 0.25) is 0 Å². The van der Waals surface area contributed by atoms with E-state index in [1.807, 2.05) is 0 Å². The van der Waals surface area contributed by atoms with E-state index in [1.165, 1.54) is 51.4 Å². The summed E-state index contributed by atoms with van der Waals surface area (Å²) in [5, 5.41) is 8.87. The Kier molecular flexibility index (Phi) is 34.7. The van der Waals surface area contributed by atoms with E-state index < -0.39 is 51.1 Å². The van der Waals surface area contributed by atoms with Gasteiger partial charge in [0.05, 0.1) is 13.2 Å². The van der Waals surface area contributed by atoms with Crippen molar-refractivity contribution >= 4 is 25.7 Å². The number of carboxylic acid groups (broad SMARTS) is 1. The van der Waals surface area contributed by atoms with Crippen LogP contribution >= 0.6 is 7.82 Å². The SMILES string of the molecule is CC/C=C\C/C=C\C/C=C\C/C=C\CCCCCCC(=O)O[C@H](COC(=O)CCCCCCCCCCCCCC)COP(=O)(O)OC[C@H](N)C(=O)O. The molecular formula is C41H72NO10P. The van der Waals surface area contributed by atoms with Crippen LogP contribution in [-0.4, -0.2) is 59.9 Å². The van der Waals surface area contributed by atoms with Crippen molar-refractivity contribution in [1.82, 2.24) is 0 Å². The third kappa shape index (κ3) is 36.2. The summed E-state index contributed by atoms with van der Waals surface area (Å²) in [6.45, 7) is 2.64. The number of nitrogens with two attached hydrogens (primary N) is 1. The van der Waals surface area contributed by atoms with E-state index in [-0.39, 0.29) is 19.4 Å². The number of allylic oxidation sites excluding steroid dienone is 8. The second kappa shape index (κ2) is 36.4. The van der Waals surface area contributed by atoms with Crippen LogP contribution in [0.15, 0.2) is 48.6 Å². The average molecular weight is 770 g/mol. The molecule has 0 fully saturated rings. The van der Waals surface area contributed by atoms with Crippen molar-refractivity contribution < 1.29 is 47.5 Å². The second-order valence-electron chi connectivity index (χ2n) is 13.4. The molecule has 0 spiro atoms. The molecule has 0 amide bonds. The number of rotatable bonds is 37. The summed E-state index contributed by atoms with van der Waals surface area (Å²) in [4.78, 5) is 45.8. The van der Waals surface area contributed by atoms with E-state index in [9.17, 15) is 23.8 Å². The molecule has 0 aromatic carbocycles. The molecule has 0 saturated heterocycles. The summed E-state index contributed by atoms with van der Waals surface area (Å²) in [5.41, 5.74) is 5.32. The molecule has 4 N–H and O–H groups in total. The Balaban J connectivity index is 4.46.